The van der Waals surface area contributed by atoms with Crippen LogP contribution in [0.15, 0.2) is 17.1 Å². The summed E-state index contributed by atoms with van der Waals surface area (Å²) >= 11 is 0. The lowest BCUT2D eigenvalue weighted by atomic mass is 10.1. The molecule has 1 aromatic heterocycles. The first-order valence-corrected chi connectivity index (χ1v) is 9.32. The van der Waals surface area contributed by atoms with Crippen molar-refractivity contribution in [2.75, 3.05) is 24.5 Å². The molecule has 2 saturated heterocycles. The highest BCUT2D eigenvalue weighted by Gasteiger charge is 2.44. The van der Waals surface area contributed by atoms with Gasteiger partial charge in [0, 0.05) is 31.7 Å². The first kappa shape index (κ1) is 18.7. The monoisotopic (exact) mass is 393 g/mol. The zero-order chi connectivity index (χ0) is 20.2. The number of likely N-dealkylation sites (tertiary alicyclic amines) is 1. The van der Waals surface area contributed by atoms with Gasteiger partial charge in [-0.1, -0.05) is 6.92 Å². The van der Waals surface area contributed by atoms with Crippen LogP contribution in [0.4, 0.5) is 19.3 Å². The predicted molar refractivity (Wildman–Crippen MR) is 99.2 cm³/mol. The third-order valence-corrected chi connectivity index (χ3v) is 5.78. The summed E-state index contributed by atoms with van der Waals surface area (Å²) in [6.45, 7) is 6.23. The van der Waals surface area contributed by atoms with Gasteiger partial charge in [-0.3, -0.25) is 9.69 Å². The Bertz CT molecular complexity index is 1020. The Labute approximate surface area is 159 Å². The standard InChI is InChI=1S/C19H21F2N3O4/c1-3-22-7-11-5-10(22)8-24(11)17-13(20)6-12-16(15(17)21)23(4-2)9-14(18(12)25)28-19(26)27/h6,9-11H,3-5,7-8H2,1-2H3,(H,26,27). The van der Waals surface area contributed by atoms with Crippen molar-refractivity contribution in [1.29, 1.82) is 0 Å². The Morgan fingerprint density at radius 1 is 1.25 bits per heavy atom. The lowest BCUT2D eigenvalue weighted by Gasteiger charge is -2.35. The minimum absolute atomic E-state index is 0.0304. The first-order valence-electron chi connectivity index (χ1n) is 9.32. The molecule has 1 aromatic carbocycles. The summed E-state index contributed by atoms with van der Waals surface area (Å²) in [5, 5.41) is 8.56. The molecule has 2 fully saturated rings. The number of anilines is 1. The Kier molecular flexibility index (Phi) is 4.49. The van der Waals surface area contributed by atoms with E-state index >= 15 is 4.39 Å². The number of halogens is 2. The maximum atomic E-state index is 15.5. The highest BCUT2D eigenvalue weighted by atomic mass is 19.1. The van der Waals surface area contributed by atoms with Gasteiger partial charge in [-0.2, -0.15) is 0 Å². The van der Waals surface area contributed by atoms with Crippen LogP contribution in [0.2, 0.25) is 0 Å². The summed E-state index contributed by atoms with van der Waals surface area (Å²) in [6, 6.07) is 1.28. The molecule has 0 aliphatic carbocycles. The number of hydrogen-bond donors (Lipinski definition) is 1. The molecule has 9 heteroatoms. The second kappa shape index (κ2) is 6.73. The van der Waals surface area contributed by atoms with Crippen molar-refractivity contribution in [2.24, 2.45) is 0 Å². The Morgan fingerprint density at radius 3 is 2.57 bits per heavy atom. The van der Waals surface area contributed by atoms with Gasteiger partial charge >= 0.3 is 6.16 Å². The number of fused-ring (bicyclic) bond motifs is 3. The molecule has 2 aliphatic rings. The number of likely N-dealkylation sites (N-methyl/N-ethyl adjacent to an activating group) is 1. The van der Waals surface area contributed by atoms with Gasteiger partial charge in [-0.05, 0) is 26.0 Å². The van der Waals surface area contributed by atoms with E-state index < -0.39 is 29.0 Å². The van der Waals surface area contributed by atoms with Crippen LogP contribution in [-0.2, 0) is 6.54 Å². The summed E-state index contributed by atoms with van der Waals surface area (Å²) in [7, 11) is 0. The molecule has 0 amide bonds. The second-order valence-electron chi connectivity index (χ2n) is 7.18. The fraction of sp³-hybridized carbons (Fsp3) is 0.474. The lowest BCUT2D eigenvalue weighted by molar-refractivity contribution is 0.144. The number of aryl methyl sites for hydroxylation is 1. The topological polar surface area (TPSA) is 75.0 Å². The molecule has 2 bridgehead atoms. The summed E-state index contributed by atoms with van der Waals surface area (Å²) in [5.74, 6) is -2.11. The minimum atomic E-state index is -1.66. The molecule has 7 nitrogen and oxygen atoms in total. The Balaban J connectivity index is 1.87. The van der Waals surface area contributed by atoms with E-state index in [9.17, 15) is 14.0 Å². The summed E-state index contributed by atoms with van der Waals surface area (Å²) in [6.07, 6.45) is 0.347. The first-order chi connectivity index (χ1) is 13.3. The number of aromatic nitrogens is 1. The van der Waals surface area contributed by atoms with Crippen molar-refractivity contribution in [3.05, 3.63) is 34.1 Å². The number of benzene rings is 1. The van der Waals surface area contributed by atoms with Crippen molar-refractivity contribution in [1.82, 2.24) is 9.47 Å². The molecule has 0 radical (unpaired) electrons. The maximum Gasteiger partial charge on any atom is 0.511 e. The average molecular weight is 393 g/mol. The average Bonchev–Trinajstić information content (AvgIpc) is 3.24. The maximum absolute atomic E-state index is 15.5. The van der Waals surface area contributed by atoms with E-state index in [1.807, 2.05) is 0 Å². The van der Waals surface area contributed by atoms with Crippen molar-refractivity contribution in [3.8, 4) is 5.75 Å². The van der Waals surface area contributed by atoms with E-state index in [-0.39, 0.29) is 35.2 Å². The zero-order valence-corrected chi connectivity index (χ0v) is 15.6. The summed E-state index contributed by atoms with van der Waals surface area (Å²) in [5.41, 5.74) is -1.02. The van der Waals surface area contributed by atoms with E-state index in [2.05, 4.69) is 16.6 Å². The fourth-order valence-corrected chi connectivity index (χ4v) is 4.54. The smallest absolute Gasteiger partial charge is 0.449 e. The Morgan fingerprint density at radius 2 is 2.00 bits per heavy atom. The van der Waals surface area contributed by atoms with Gasteiger partial charge in [0.15, 0.2) is 11.6 Å². The zero-order valence-electron chi connectivity index (χ0n) is 15.6. The van der Waals surface area contributed by atoms with Gasteiger partial charge in [0.25, 0.3) is 0 Å². The van der Waals surface area contributed by atoms with Crippen LogP contribution in [0.1, 0.15) is 20.3 Å². The van der Waals surface area contributed by atoms with Crippen LogP contribution >= 0.6 is 0 Å². The van der Waals surface area contributed by atoms with Crippen LogP contribution in [0.5, 0.6) is 5.75 Å². The molecule has 2 aliphatic heterocycles. The molecule has 2 atom stereocenters. The van der Waals surface area contributed by atoms with Crippen LogP contribution in [0, 0.1) is 11.6 Å². The molecular formula is C19H21F2N3O4. The number of carboxylic acid groups (broad SMARTS) is 1. The van der Waals surface area contributed by atoms with E-state index in [0.717, 1.165) is 31.8 Å². The molecule has 2 unspecified atom stereocenters. The number of rotatable bonds is 4. The summed E-state index contributed by atoms with van der Waals surface area (Å²) < 4.78 is 36.3. The van der Waals surface area contributed by atoms with Crippen molar-refractivity contribution < 1.29 is 23.4 Å². The normalized spacial score (nSPS) is 21.6. The lowest BCUT2D eigenvalue weighted by Crippen LogP contribution is -2.46. The summed E-state index contributed by atoms with van der Waals surface area (Å²) in [4.78, 5) is 27.4. The highest BCUT2D eigenvalue weighted by molar-refractivity contribution is 5.86. The number of nitrogens with zero attached hydrogens (tertiary/aromatic N) is 3. The van der Waals surface area contributed by atoms with Crippen LogP contribution in [0.25, 0.3) is 10.9 Å². The molecule has 3 heterocycles. The van der Waals surface area contributed by atoms with Gasteiger partial charge in [-0.25, -0.2) is 13.6 Å². The number of hydrogen-bond acceptors (Lipinski definition) is 5. The SMILES string of the molecule is CCN1CC2CC1CN2c1c(F)cc2c(=O)c(OC(=O)O)cn(CC)c2c1F. The molecule has 2 aromatic rings. The highest BCUT2D eigenvalue weighted by Crippen LogP contribution is 2.39. The largest absolute Gasteiger partial charge is 0.511 e. The van der Waals surface area contributed by atoms with Gasteiger partial charge in [-0.15, -0.1) is 0 Å². The number of pyridine rings is 1. The number of carbonyl (C=O) groups is 1. The van der Waals surface area contributed by atoms with Crippen LogP contribution < -0.4 is 15.1 Å². The van der Waals surface area contributed by atoms with E-state index in [1.54, 1.807) is 11.8 Å². The molecule has 150 valence electrons. The third-order valence-electron chi connectivity index (χ3n) is 5.78. The minimum Gasteiger partial charge on any atom is -0.449 e. The molecule has 0 saturated carbocycles. The van der Waals surface area contributed by atoms with Crippen molar-refractivity contribution in [3.63, 3.8) is 0 Å². The predicted octanol–water partition coefficient (Wildman–Crippen LogP) is 2.64. The quantitative estimate of drug-likeness (QED) is 0.805. The van der Waals surface area contributed by atoms with Crippen molar-refractivity contribution >= 4 is 22.7 Å². The van der Waals surface area contributed by atoms with Gasteiger partial charge in [0.05, 0.1) is 17.1 Å². The molecule has 0 spiro atoms. The third kappa shape index (κ3) is 2.72. The molecule has 1 N–H and O–H groups in total. The van der Waals surface area contributed by atoms with E-state index in [1.165, 1.54) is 4.57 Å². The molecule has 28 heavy (non-hydrogen) atoms. The van der Waals surface area contributed by atoms with Gasteiger partial charge < -0.3 is 19.3 Å². The number of piperazine rings is 1. The molecule has 4 rings (SSSR count). The number of ether oxygens (including phenoxy) is 1. The van der Waals surface area contributed by atoms with Gasteiger partial charge in [0.1, 0.15) is 11.5 Å². The second-order valence-corrected chi connectivity index (χ2v) is 7.18. The fourth-order valence-electron chi connectivity index (χ4n) is 4.54. The van der Waals surface area contributed by atoms with E-state index in [4.69, 9.17) is 5.11 Å². The molecular weight excluding hydrogens is 372 g/mol. The van der Waals surface area contributed by atoms with Crippen LogP contribution in [-0.4, -0.2) is 52.4 Å². The van der Waals surface area contributed by atoms with Crippen molar-refractivity contribution in [2.45, 2.75) is 38.9 Å². The Hall–Kier alpha value is -2.68. The van der Waals surface area contributed by atoms with Gasteiger partial charge in [0.2, 0.25) is 5.43 Å². The van der Waals surface area contributed by atoms with Crippen LogP contribution in [0.3, 0.4) is 0 Å². The van der Waals surface area contributed by atoms with E-state index in [0.29, 0.717) is 6.54 Å².